The third-order valence-electron chi connectivity index (χ3n) is 5.91. The average molecular weight is 470 g/mol. The van der Waals surface area contributed by atoms with Crippen molar-refractivity contribution in [3.63, 3.8) is 0 Å². The summed E-state index contributed by atoms with van der Waals surface area (Å²) >= 11 is 0. The number of nitrogens with one attached hydrogen (secondary N) is 2. The molecule has 2 N–H and O–H groups in total. The topological polar surface area (TPSA) is 83.3 Å². The van der Waals surface area contributed by atoms with Crippen molar-refractivity contribution in [2.75, 3.05) is 35.2 Å². The van der Waals surface area contributed by atoms with Crippen LogP contribution in [0.3, 0.4) is 0 Å². The van der Waals surface area contributed by atoms with E-state index in [1.54, 1.807) is 13.0 Å². The molecule has 9 heteroatoms. The summed E-state index contributed by atoms with van der Waals surface area (Å²) in [6.07, 6.45) is 4.76. The summed E-state index contributed by atoms with van der Waals surface area (Å²) in [6, 6.07) is 14.0. The molecule has 0 aliphatic carbocycles. The van der Waals surface area contributed by atoms with Crippen LogP contribution < -0.4 is 15.5 Å². The number of hydrogen-bond donors (Lipinski definition) is 2. The highest BCUT2D eigenvalue weighted by atomic mass is 19.3. The van der Waals surface area contributed by atoms with Gasteiger partial charge in [-0.1, -0.05) is 30.3 Å². The highest BCUT2D eigenvalue weighted by Gasteiger charge is 2.36. The molecule has 1 atom stereocenters. The second kappa shape index (κ2) is 10.2. The minimum Gasteiger partial charge on any atom is -0.418 e. The summed E-state index contributed by atoms with van der Waals surface area (Å²) < 4.78 is 33.1. The number of oxazole rings is 1. The van der Waals surface area contributed by atoms with Crippen molar-refractivity contribution in [1.29, 1.82) is 0 Å². The van der Waals surface area contributed by atoms with E-state index in [-0.39, 0.29) is 6.01 Å². The van der Waals surface area contributed by atoms with Crippen molar-refractivity contribution >= 4 is 23.4 Å². The number of hydrogen-bond acceptors (Lipinski definition) is 6. The minimum atomic E-state index is -3.32. The third kappa shape index (κ3) is 5.52. The lowest BCUT2D eigenvalue weighted by Gasteiger charge is -2.22. The smallest absolute Gasteiger partial charge is 0.295 e. The summed E-state index contributed by atoms with van der Waals surface area (Å²) in [5.74, 6) is -3.29. The van der Waals surface area contributed by atoms with Gasteiger partial charge in [-0.05, 0) is 49.8 Å². The Hall–Kier alpha value is -3.49. The lowest BCUT2D eigenvalue weighted by atomic mass is 9.92. The van der Waals surface area contributed by atoms with Crippen LogP contribution in [-0.4, -0.2) is 35.5 Å². The zero-order chi connectivity index (χ0) is 24.1. The standard InChI is InChI=1S/C25H29F2N5O2/c1-3-28-24-31-22(25(2,26)27)21(34-24)23(33)30-19-11-12-20(29-16-19)32-14-7-10-18(13-15-32)17-8-5-4-6-9-17/h4-6,8-9,11-12,16,18H,3,7,10,13-15H2,1-2H3,(H,28,31)(H,30,33). The average Bonchev–Trinajstić information content (AvgIpc) is 3.11. The van der Waals surface area contributed by atoms with Gasteiger partial charge in [-0.25, -0.2) is 4.98 Å². The van der Waals surface area contributed by atoms with Crippen LogP contribution in [0.2, 0.25) is 0 Å². The van der Waals surface area contributed by atoms with Gasteiger partial charge in [0.15, 0.2) is 5.69 Å². The van der Waals surface area contributed by atoms with E-state index >= 15 is 0 Å². The van der Waals surface area contributed by atoms with E-state index in [0.717, 1.165) is 38.2 Å². The number of alkyl halides is 2. The molecular weight excluding hydrogens is 440 g/mol. The number of rotatable bonds is 7. The molecule has 1 unspecified atom stereocenters. The normalized spacial score (nSPS) is 16.7. The maximum atomic E-state index is 13.9. The summed E-state index contributed by atoms with van der Waals surface area (Å²) in [5, 5.41) is 5.29. The number of benzene rings is 1. The molecule has 1 aliphatic rings. The minimum absolute atomic E-state index is 0.118. The zero-order valence-electron chi connectivity index (χ0n) is 19.4. The first-order chi connectivity index (χ1) is 16.3. The highest BCUT2D eigenvalue weighted by molar-refractivity contribution is 6.03. The van der Waals surface area contributed by atoms with Gasteiger partial charge < -0.3 is 20.0 Å². The van der Waals surface area contributed by atoms with Gasteiger partial charge in [-0.2, -0.15) is 13.8 Å². The van der Waals surface area contributed by atoms with Crippen LogP contribution in [0, 0.1) is 0 Å². The molecule has 1 amide bonds. The molecule has 3 heterocycles. The van der Waals surface area contributed by atoms with Crippen molar-refractivity contribution in [3.05, 3.63) is 65.7 Å². The predicted octanol–water partition coefficient (Wildman–Crippen LogP) is 5.64. The van der Waals surface area contributed by atoms with Crippen molar-refractivity contribution in [2.45, 2.75) is 45.0 Å². The summed E-state index contributed by atoms with van der Waals surface area (Å²) in [5.41, 5.74) is 1.05. The van der Waals surface area contributed by atoms with Crippen molar-refractivity contribution in [1.82, 2.24) is 9.97 Å². The van der Waals surface area contributed by atoms with Crippen molar-refractivity contribution < 1.29 is 18.0 Å². The lowest BCUT2D eigenvalue weighted by molar-refractivity contribution is 0.0115. The predicted molar refractivity (Wildman–Crippen MR) is 128 cm³/mol. The van der Waals surface area contributed by atoms with Gasteiger partial charge in [-0.15, -0.1) is 0 Å². The van der Waals surface area contributed by atoms with Crippen molar-refractivity contribution in [3.8, 4) is 0 Å². The number of amides is 1. The van der Waals surface area contributed by atoms with E-state index < -0.39 is 23.3 Å². The molecule has 0 spiro atoms. The fraction of sp³-hybridized carbons (Fsp3) is 0.400. The first kappa shape index (κ1) is 23.7. The fourth-order valence-electron chi connectivity index (χ4n) is 4.22. The maximum absolute atomic E-state index is 13.9. The molecule has 1 saturated heterocycles. The quantitative estimate of drug-likeness (QED) is 0.466. The molecule has 1 aliphatic heterocycles. The van der Waals surface area contributed by atoms with E-state index in [2.05, 4.69) is 49.8 Å². The molecule has 0 radical (unpaired) electrons. The van der Waals surface area contributed by atoms with Gasteiger partial charge in [0, 0.05) is 26.6 Å². The van der Waals surface area contributed by atoms with Crippen LogP contribution in [0.5, 0.6) is 0 Å². The van der Waals surface area contributed by atoms with Crippen LogP contribution in [0.1, 0.15) is 60.8 Å². The number of carbonyl (C=O) groups excluding carboxylic acids is 1. The first-order valence-corrected chi connectivity index (χ1v) is 11.6. The summed E-state index contributed by atoms with van der Waals surface area (Å²) in [4.78, 5) is 23.1. The number of carbonyl (C=O) groups is 1. The van der Waals surface area contributed by atoms with Gasteiger partial charge in [0.05, 0.1) is 11.9 Å². The fourth-order valence-corrected chi connectivity index (χ4v) is 4.22. The van der Waals surface area contributed by atoms with Crippen LogP contribution in [0.4, 0.5) is 26.3 Å². The number of aromatic nitrogens is 2. The number of pyridine rings is 1. The van der Waals surface area contributed by atoms with Crippen LogP contribution in [0.15, 0.2) is 53.1 Å². The van der Waals surface area contributed by atoms with Crippen LogP contribution in [0.25, 0.3) is 0 Å². The Morgan fingerprint density at radius 3 is 2.65 bits per heavy atom. The molecule has 180 valence electrons. The van der Waals surface area contributed by atoms with Gasteiger partial charge in [0.25, 0.3) is 17.8 Å². The number of anilines is 3. The van der Waals surface area contributed by atoms with Gasteiger partial charge >= 0.3 is 0 Å². The van der Waals surface area contributed by atoms with Gasteiger partial charge in [0.1, 0.15) is 5.82 Å². The first-order valence-electron chi connectivity index (χ1n) is 11.6. The Balaban J connectivity index is 1.42. The third-order valence-corrected chi connectivity index (χ3v) is 5.91. The molecule has 2 aromatic heterocycles. The van der Waals surface area contributed by atoms with E-state index in [1.165, 1.54) is 11.8 Å². The molecular formula is C25H29F2N5O2. The second-order valence-corrected chi connectivity index (χ2v) is 8.50. The SMILES string of the molecule is CCNc1nc(C(C)(F)F)c(C(=O)Nc2ccc(N3CCCC(c4ccccc4)CC3)nc2)o1. The monoisotopic (exact) mass is 469 g/mol. The zero-order valence-corrected chi connectivity index (χ0v) is 19.4. The lowest BCUT2D eigenvalue weighted by Crippen LogP contribution is -2.25. The van der Waals surface area contributed by atoms with Crippen LogP contribution >= 0.6 is 0 Å². The summed E-state index contributed by atoms with van der Waals surface area (Å²) in [7, 11) is 0. The molecule has 1 aromatic carbocycles. The highest BCUT2D eigenvalue weighted by Crippen LogP contribution is 2.32. The van der Waals surface area contributed by atoms with Crippen molar-refractivity contribution in [2.24, 2.45) is 0 Å². The van der Waals surface area contributed by atoms with Gasteiger partial charge in [0.2, 0.25) is 5.76 Å². The maximum Gasteiger partial charge on any atom is 0.295 e. The largest absolute Gasteiger partial charge is 0.418 e. The summed E-state index contributed by atoms with van der Waals surface area (Å²) in [6.45, 7) is 4.66. The number of nitrogens with zero attached hydrogens (tertiary/aromatic N) is 3. The molecule has 4 rings (SSSR count). The Kier molecular flexibility index (Phi) is 7.09. The Morgan fingerprint density at radius 1 is 1.18 bits per heavy atom. The van der Waals surface area contributed by atoms with Crippen LogP contribution in [-0.2, 0) is 5.92 Å². The molecule has 3 aromatic rings. The van der Waals surface area contributed by atoms with E-state index in [4.69, 9.17) is 4.42 Å². The molecule has 7 nitrogen and oxygen atoms in total. The number of halogens is 2. The van der Waals surface area contributed by atoms with E-state index in [1.807, 2.05) is 12.1 Å². The second-order valence-electron chi connectivity index (χ2n) is 8.50. The molecule has 1 fully saturated rings. The Labute approximate surface area is 197 Å². The van der Waals surface area contributed by atoms with E-state index in [9.17, 15) is 13.6 Å². The molecule has 0 bridgehead atoms. The Morgan fingerprint density at radius 2 is 1.97 bits per heavy atom. The van der Waals surface area contributed by atoms with E-state index in [0.29, 0.717) is 25.1 Å². The molecule has 34 heavy (non-hydrogen) atoms. The Bertz CT molecular complexity index is 1100. The molecule has 0 saturated carbocycles. The van der Waals surface area contributed by atoms with Gasteiger partial charge in [-0.3, -0.25) is 4.79 Å².